The van der Waals surface area contributed by atoms with Crippen molar-refractivity contribution in [3.05, 3.63) is 35.1 Å². The normalized spacial score (nSPS) is 10.4. The summed E-state index contributed by atoms with van der Waals surface area (Å²) in [6, 6.07) is 5.46. The van der Waals surface area contributed by atoms with Crippen molar-refractivity contribution in [2.45, 2.75) is 0 Å². The smallest absolute Gasteiger partial charge is 0.130 e. The van der Waals surface area contributed by atoms with Gasteiger partial charge in [0.25, 0.3) is 0 Å². The van der Waals surface area contributed by atoms with Crippen LogP contribution in [0.15, 0.2) is 35.1 Å². The van der Waals surface area contributed by atoms with Crippen molar-refractivity contribution in [3.8, 4) is 5.75 Å². The third-order valence-electron chi connectivity index (χ3n) is 1.71. The van der Waals surface area contributed by atoms with Crippen LogP contribution < -0.4 is 0 Å². The van der Waals surface area contributed by atoms with Crippen LogP contribution in [0.5, 0.6) is 5.75 Å². The molecule has 1 aromatic heterocycles. The molecule has 12 heavy (non-hydrogen) atoms. The number of pyridine rings is 1. The summed E-state index contributed by atoms with van der Waals surface area (Å²) in [6.07, 6.45) is 3.45. The van der Waals surface area contributed by atoms with Gasteiger partial charge in [-0.2, -0.15) is 0 Å². The standard InChI is InChI=1S/C9H6BrNO/c10-8-3-6-1-2-11-5-7(6)4-9(8)12/h1-5,12H. The summed E-state index contributed by atoms with van der Waals surface area (Å²) < 4.78 is 0.709. The Morgan fingerprint density at radius 2 is 2.08 bits per heavy atom. The number of hydrogen-bond acceptors (Lipinski definition) is 2. The van der Waals surface area contributed by atoms with Gasteiger partial charge in [0.1, 0.15) is 5.75 Å². The van der Waals surface area contributed by atoms with Crippen LogP contribution in [-0.2, 0) is 0 Å². The van der Waals surface area contributed by atoms with E-state index >= 15 is 0 Å². The predicted molar refractivity (Wildman–Crippen MR) is 51.1 cm³/mol. The molecule has 0 saturated heterocycles. The van der Waals surface area contributed by atoms with E-state index in [0.29, 0.717) is 4.47 Å². The van der Waals surface area contributed by atoms with Gasteiger partial charge < -0.3 is 5.11 Å². The number of nitrogens with zero attached hydrogens (tertiary/aromatic N) is 1. The van der Waals surface area contributed by atoms with Crippen molar-refractivity contribution >= 4 is 26.7 Å². The molecule has 2 rings (SSSR count). The Labute approximate surface area is 78.0 Å². The van der Waals surface area contributed by atoms with Gasteiger partial charge >= 0.3 is 0 Å². The summed E-state index contributed by atoms with van der Waals surface area (Å²) in [6.45, 7) is 0. The Bertz CT molecular complexity index is 387. The Kier molecular flexibility index (Phi) is 1.73. The number of aromatic hydroxyl groups is 1. The number of rotatable bonds is 0. The lowest BCUT2D eigenvalue weighted by atomic mass is 10.2. The SMILES string of the molecule is Oc1cc2cnccc2cc1Br. The van der Waals surface area contributed by atoms with Crippen molar-refractivity contribution in [1.82, 2.24) is 4.98 Å². The van der Waals surface area contributed by atoms with E-state index in [4.69, 9.17) is 0 Å². The van der Waals surface area contributed by atoms with Crippen LogP contribution >= 0.6 is 15.9 Å². The zero-order valence-corrected chi connectivity index (χ0v) is 7.75. The van der Waals surface area contributed by atoms with Crippen LogP contribution in [0.3, 0.4) is 0 Å². The molecule has 2 nitrogen and oxygen atoms in total. The third-order valence-corrected chi connectivity index (χ3v) is 2.34. The predicted octanol–water partition coefficient (Wildman–Crippen LogP) is 2.70. The van der Waals surface area contributed by atoms with E-state index in [9.17, 15) is 5.11 Å². The summed E-state index contributed by atoms with van der Waals surface area (Å²) >= 11 is 3.25. The van der Waals surface area contributed by atoms with Crippen molar-refractivity contribution in [2.75, 3.05) is 0 Å². The van der Waals surface area contributed by atoms with E-state index in [2.05, 4.69) is 20.9 Å². The minimum Gasteiger partial charge on any atom is -0.507 e. The highest BCUT2D eigenvalue weighted by Gasteiger charge is 1.99. The van der Waals surface area contributed by atoms with Gasteiger partial charge in [-0.15, -0.1) is 0 Å². The maximum atomic E-state index is 9.34. The summed E-state index contributed by atoms with van der Waals surface area (Å²) in [4.78, 5) is 3.96. The summed E-state index contributed by atoms with van der Waals surface area (Å²) in [5.74, 6) is 0.246. The second kappa shape index (κ2) is 2.75. The summed E-state index contributed by atoms with van der Waals surface area (Å²) in [5.41, 5.74) is 0. The summed E-state index contributed by atoms with van der Waals surface area (Å²) in [7, 11) is 0. The maximum absolute atomic E-state index is 9.34. The Hall–Kier alpha value is -1.09. The molecule has 1 heterocycles. The van der Waals surface area contributed by atoms with Gasteiger partial charge in [-0.25, -0.2) is 0 Å². The molecule has 0 unspecified atom stereocenters. The van der Waals surface area contributed by atoms with Crippen molar-refractivity contribution < 1.29 is 5.11 Å². The first-order valence-electron chi connectivity index (χ1n) is 3.49. The van der Waals surface area contributed by atoms with Gasteiger partial charge in [0, 0.05) is 17.8 Å². The number of phenolic OH excluding ortho intramolecular Hbond substituents is 1. The van der Waals surface area contributed by atoms with E-state index in [1.807, 2.05) is 12.1 Å². The Morgan fingerprint density at radius 3 is 2.92 bits per heavy atom. The number of phenols is 1. The van der Waals surface area contributed by atoms with E-state index in [1.54, 1.807) is 18.5 Å². The van der Waals surface area contributed by atoms with E-state index < -0.39 is 0 Å². The number of fused-ring (bicyclic) bond motifs is 1. The molecule has 0 saturated carbocycles. The van der Waals surface area contributed by atoms with Gasteiger partial charge in [0.2, 0.25) is 0 Å². The molecule has 1 N–H and O–H groups in total. The van der Waals surface area contributed by atoms with Crippen molar-refractivity contribution in [1.29, 1.82) is 0 Å². The average molecular weight is 224 g/mol. The largest absolute Gasteiger partial charge is 0.507 e. The van der Waals surface area contributed by atoms with Gasteiger partial charge in [-0.3, -0.25) is 4.98 Å². The number of aromatic nitrogens is 1. The van der Waals surface area contributed by atoms with Crippen LogP contribution in [0.1, 0.15) is 0 Å². The molecule has 0 atom stereocenters. The van der Waals surface area contributed by atoms with Crippen molar-refractivity contribution in [3.63, 3.8) is 0 Å². The fraction of sp³-hybridized carbons (Fsp3) is 0. The highest BCUT2D eigenvalue weighted by molar-refractivity contribution is 9.10. The monoisotopic (exact) mass is 223 g/mol. The molecule has 0 fully saturated rings. The fourth-order valence-corrected chi connectivity index (χ4v) is 1.46. The Morgan fingerprint density at radius 1 is 1.25 bits per heavy atom. The summed E-state index contributed by atoms with van der Waals surface area (Å²) in [5, 5.41) is 11.3. The number of hydrogen-bond donors (Lipinski definition) is 1. The average Bonchev–Trinajstić information content (AvgIpc) is 2.07. The maximum Gasteiger partial charge on any atom is 0.130 e. The molecule has 0 spiro atoms. The van der Waals surface area contributed by atoms with Crippen LogP contribution in [0.25, 0.3) is 10.8 Å². The lowest BCUT2D eigenvalue weighted by molar-refractivity contribution is 0.473. The highest BCUT2D eigenvalue weighted by Crippen LogP contribution is 2.28. The number of benzene rings is 1. The Balaban J connectivity index is 2.84. The molecule has 0 radical (unpaired) electrons. The minimum absolute atomic E-state index is 0.246. The van der Waals surface area contributed by atoms with Gasteiger partial charge in [0.15, 0.2) is 0 Å². The molecular formula is C9H6BrNO. The zero-order valence-electron chi connectivity index (χ0n) is 6.16. The van der Waals surface area contributed by atoms with Crippen molar-refractivity contribution in [2.24, 2.45) is 0 Å². The molecule has 0 aliphatic carbocycles. The second-order valence-electron chi connectivity index (χ2n) is 2.53. The fourth-order valence-electron chi connectivity index (χ4n) is 1.10. The topological polar surface area (TPSA) is 33.1 Å². The first-order chi connectivity index (χ1) is 5.77. The molecule has 60 valence electrons. The lowest BCUT2D eigenvalue weighted by Crippen LogP contribution is -1.75. The zero-order chi connectivity index (χ0) is 8.55. The van der Waals surface area contributed by atoms with Crippen LogP contribution in [0.2, 0.25) is 0 Å². The first-order valence-corrected chi connectivity index (χ1v) is 4.29. The molecular weight excluding hydrogens is 218 g/mol. The molecule has 3 heteroatoms. The number of halogens is 1. The quantitative estimate of drug-likeness (QED) is 0.746. The van der Waals surface area contributed by atoms with E-state index in [0.717, 1.165) is 10.8 Å². The van der Waals surface area contributed by atoms with E-state index in [1.165, 1.54) is 0 Å². The third kappa shape index (κ3) is 1.16. The highest BCUT2D eigenvalue weighted by atomic mass is 79.9. The molecule has 0 amide bonds. The second-order valence-corrected chi connectivity index (χ2v) is 3.38. The molecule has 1 aromatic carbocycles. The van der Waals surface area contributed by atoms with Gasteiger partial charge in [0.05, 0.1) is 4.47 Å². The van der Waals surface area contributed by atoms with Gasteiger partial charge in [-0.05, 0) is 39.5 Å². The van der Waals surface area contributed by atoms with Crippen LogP contribution in [-0.4, -0.2) is 10.1 Å². The van der Waals surface area contributed by atoms with E-state index in [-0.39, 0.29) is 5.75 Å². The molecule has 0 aliphatic heterocycles. The van der Waals surface area contributed by atoms with Gasteiger partial charge in [-0.1, -0.05) is 0 Å². The molecule has 2 aromatic rings. The molecule has 0 aliphatic rings. The first kappa shape index (κ1) is 7.55. The van der Waals surface area contributed by atoms with Crippen LogP contribution in [0.4, 0.5) is 0 Å². The van der Waals surface area contributed by atoms with Crippen LogP contribution in [0, 0.1) is 0 Å². The lowest BCUT2D eigenvalue weighted by Gasteiger charge is -1.99. The molecule has 0 bridgehead atoms. The minimum atomic E-state index is 0.246.